The highest BCUT2D eigenvalue weighted by Gasteiger charge is 2.64. The highest BCUT2D eigenvalue weighted by atomic mass is 16.3. The Morgan fingerprint density at radius 2 is 1.74 bits per heavy atom. The molecule has 1 amide bonds. The van der Waals surface area contributed by atoms with Crippen molar-refractivity contribution in [3.05, 3.63) is 39.7 Å². The SMILES string of the molecule is CN(C)c1c(CN(CC2CC2)C2CCC2)cc(O)c2c1C[C@H]1C[C@H]3[C@H](N(C)C)C(=O)C(C(N)=O)=C(O)[C@@]3(O)C(=O)C1=C2O. The van der Waals surface area contributed by atoms with Gasteiger partial charge in [0, 0.05) is 50.4 Å². The van der Waals surface area contributed by atoms with Crippen LogP contribution >= 0.6 is 0 Å². The maximum absolute atomic E-state index is 14.1. The number of carbonyl (C=O) groups excluding carboxylic acids is 3. The van der Waals surface area contributed by atoms with Crippen LogP contribution in [0.1, 0.15) is 55.2 Å². The first-order valence-corrected chi connectivity index (χ1v) is 15.2. The first-order chi connectivity index (χ1) is 20.3. The van der Waals surface area contributed by atoms with E-state index in [0.29, 0.717) is 24.1 Å². The number of benzene rings is 1. The Morgan fingerprint density at radius 3 is 2.28 bits per heavy atom. The van der Waals surface area contributed by atoms with E-state index in [1.165, 1.54) is 24.2 Å². The quantitative estimate of drug-likeness (QED) is 0.280. The normalized spacial score (nSPS) is 29.0. The molecule has 0 spiro atoms. The predicted molar refractivity (Wildman–Crippen MR) is 159 cm³/mol. The predicted octanol–water partition coefficient (Wildman–Crippen LogP) is 1.79. The van der Waals surface area contributed by atoms with Crippen LogP contribution in [0, 0.1) is 17.8 Å². The number of fused-ring (bicyclic) bond motifs is 3. The topological polar surface area (TPSA) is 168 Å². The van der Waals surface area contributed by atoms with E-state index in [1.54, 1.807) is 20.2 Å². The highest BCUT2D eigenvalue weighted by Crippen LogP contribution is 2.54. The number of likely N-dealkylation sites (N-methyl/N-ethyl adjacent to an activating group) is 1. The fraction of sp³-hybridized carbons (Fsp3) is 0.594. The molecule has 1 aromatic carbocycles. The minimum absolute atomic E-state index is 0.0689. The number of ketones is 2. The number of nitrogens with zero attached hydrogens (tertiary/aromatic N) is 3. The lowest BCUT2D eigenvalue weighted by molar-refractivity contribution is -0.153. The number of phenols is 1. The Kier molecular flexibility index (Phi) is 7.14. The van der Waals surface area contributed by atoms with Crippen molar-refractivity contribution in [2.45, 2.75) is 69.2 Å². The molecule has 11 nitrogen and oxygen atoms in total. The monoisotopic (exact) mass is 594 g/mol. The Balaban J connectivity index is 1.48. The lowest BCUT2D eigenvalue weighted by atomic mass is 9.57. The summed E-state index contributed by atoms with van der Waals surface area (Å²) >= 11 is 0. The number of anilines is 1. The number of Topliss-reactive ketones (excluding diaryl/α,β-unsaturated/α-hetero) is 2. The number of amides is 1. The number of primary amides is 1. The molecule has 1 aromatic rings. The minimum Gasteiger partial charge on any atom is -0.508 e. The number of hydrogen-bond donors (Lipinski definition) is 5. The number of aromatic hydroxyl groups is 1. The van der Waals surface area contributed by atoms with Gasteiger partial charge >= 0.3 is 0 Å². The van der Waals surface area contributed by atoms with Gasteiger partial charge in [0.25, 0.3) is 5.91 Å². The number of aliphatic hydroxyl groups excluding tert-OH is 2. The summed E-state index contributed by atoms with van der Waals surface area (Å²) in [5.74, 6) is -5.70. The van der Waals surface area contributed by atoms with E-state index in [1.807, 2.05) is 19.0 Å². The molecule has 232 valence electrons. The number of phenolic OH excluding ortho intramolecular Hbond substituents is 1. The van der Waals surface area contributed by atoms with Crippen LogP contribution in [0.3, 0.4) is 0 Å². The van der Waals surface area contributed by atoms with Crippen molar-refractivity contribution in [1.29, 1.82) is 0 Å². The van der Waals surface area contributed by atoms with Gasteiger partial charge in [-0.15, -0.1) is 0 Å². The third-order valence-electron chi connectivity index (χ3n) is 10.4. The van der Waals surface area contributed by atoms with Crippen LogP contribution in [0.4, 0.5) is 5.69 Å². The average Bonchev–Trinajstić information content (AvgIpc) is 3.68. The fourth-order valence-corrected chi connectivity index (χ4v) is 7.99. The van der Waals surface area contributed by atoms with Gasteiger partial charge in [-0.1, -0.05) is 6.42 Å². The zero-order valence-electron chi connectivity index (χ0n) is 25.3. The largest absolute Gasteiger partial charge is 0.508 e. The maximum Gasteiger partial charge on any atom is 0.255 e. The molecule has 6 N–H and O–H groups in total. The molecular weight excluding hydrogens is 552 g/mol. The second kappa shape index (κ2) is 10.3. The fourth-order valence-electron chi connectivity index (χ4n) is 7.99. The molecule has 0 heterocycles. The van der Waals surface area contributed by atoms with Gasteiger partial charge in [0.1, 0.15) is 22.8 Å². The molecule has 6 rings (SSSR count). The van der Waals surface area contributed by atoms with E-state index >= 15 is 0 Å². The van der Waals surface area contributed by atoms with Crippen molar-refractivity contribution < 1.29 is 34.8 Å². The van der Waals surface area contributed by atoms with Gasteiger partial charge in [0.15, 0.2) is 11.4 Å². The summed E-state index contributed by atoms with van der Waals surface area (Å²) in [7, 11) is 7.03. The lowest BCUT2D eigenvalue weighted by Crippen LogP contribution is -2.65. The van der Waals surface area contributed by atoms with Crippen molar-refractivity contribution in [1.82, 2.24) is 9.80 Å². The van der Waals surface area contributed by atoms with E-state index in [0.717, 1.165) is 30.6 Å². The van der Waals surface area contributed by atoms with Gasteiger partial charge in [0.2, 0.25) is 5.78 Å². The van der Waals surface area contributed by atoms with Crippen molar-refractivity contribution in [2.24, 2.45) is 23.5 Å². The summed E-state index contributed by atoms with van der Waals surface area (Å²) in [5.41, 5.74) is 4.46. The van der Waals surface area contributed by atoms with Gasteiger partial charge in [-0.2, -0.15) is 0 Å². The van der Waals surface area contributed by atoms with Gasteiger partial charge in [-0.3, -0.25) is 24.2 Å². The molecule has 3 fully saturated rings. The van der Waals surface area contributed by atoms with Crippen LogP contribution in [-0.4, -0.2) is 100 Å². The third-order valence-corrected chi connectivity index (χ3v) is 10.4. The van der Waals surface area contributed by atoms with Crippen molar-refractivity contribution in [3.63, 3.8) is 0 Å². The molecule has 3 saturated carbocycles. The third kappa shape index (κ3) is 4.46. The summed E-state index contributed by atoms with van der Waals surface area (Å²) in [5, 5.41) is 45.9. The molecule has 0 saturated heterocycles. The van der Waals surface area contributed by atoms with Gasteiger partial charge in [-0.25, -0.2) is 0 Å². The van der Waals surface area contributed by atoms with E-state index < -0.39 is 58.0 Å². The number of rotatable bonds is 8. The number of carbonyl (C=O) groups is 3. The molecule has 43 heavy (non-hydrogen) atoms. The van der Waals surface area contributed by atoms with Crippen LogP contribution in [-0.2, 0) is 27.3 Å². The number of nitrogens with two attached hydrogens (primary N) is 1. The van der Waals surface area contributed by atoms with E-state index in [4.69, 9.17) is 5.73 Å². The first-order valence-electron chi connectivity index (χ1n) is 15.2. The molecule has 0 bridgehead atoms. The van der Waals surface area contributed by atoms with E-state index in [2.05, 4.69) is 4.90 Å². The Morgan fingerprint density at radius 1 is 1.07 bits per heavy atom. The minimum atomic E-state index is -2.64. The summed E-state index contributed by atoms with van der Waals surface area (Å²) in [6, 6.07) is 1.07. The average molecular weight is 595 g/mol. The van der Waals surface area contributed by atoms with Crippen LogP contribution in [0.15, 0.2) is 23.0 Å². The van der Waals surface area contributed by atoms with Gasteiger partial charge in [0.05, 0.1) is 11.6 Å². The Bertz CT molecular complexity index is 1470. The first kappa shape index (κ1) is 29.7. The molecular formula is C32H42N4O7. The Labute approximate surface area is 251 Å². The smallest absolute Gasteiger partial charge is 0.255 e. The van der Waals surface area contributed by atoms with Gasteiger partial charge in [-0.05, 0) is 81.6 Å². The molecule has 0 aromatic heterocycles. The Hall–Kier alpha value is -3.41. The van der Waals surface area contributed by atoms with Crippen LogP contribution in [0.5, 0.6) is 5.75 Å². The zero-order valence-corrected chi connectivity index (χ0v) is 25.3. The number of aliphatic hydroxyl groups is 3. The highest BCUT2D eigenvalue weighted by molar-refractivity contribution is 6.24. The standard InChI is InChI=1S/C32H42N4O7/c1-34(2)25-17(14-36(13-15-8-9-15)18-6-5-7-18)12-21(37)23-19(25)10-16-11-20-26(35(3)4)28(39)24(31(33)42)30(41)32(20,43)29(40)22(16)27(23)38/h12,15-16,18,20,26,37-38,41,43H,5-11,13-14H2,1-4H3,(H2,33,42)/t16-,20-,26-,32-/m0/s1. The van der Waals surface area contributed by atoms with Crippen LogP contribution < -0.4 is 10.6 Å². The summed E-state index contributed by atoms with van der Waals surface area (Å²) in [4.78, 5) is 45.7. The van der Waals surface area contributed by atoms with Gasteiger partial charge < -0.3 is 31.1 Å². The zero-order chi connectivity index (χ0) is 31.1. The van der Waals surface area contributed by atoms with Crippen LogP contribution in [0.2, 0.25) is 0 Å². The summed E-state index contributed by atoms with van der Waals surface area (Å²) < 4.78 is 0. The summed E-state index contributed by atoms with van der Waals surface area (Å²) in [6.07, 6.45) is 6.36. The van der Waals surface area contributed by atoms with E-state index in [-0.39, 0.29) is 29.7 Å². The second-order valence-corrected chi connectivity index (χ2v) is 13.6. The molecule has 4 atom stereocenters. The van der Waals surface area contributed by atoms with E-state index in [9.17, 15) is 34.8 Å². The lowest BCUT2D eigenvalue weighted by Gasteiger charge is -2.50. The molecule has 5 aliphatic rings. The molecule has 0 unspecified atom stereocenters. The van der Waals surface area contributed by atoms with Crippen LogP contribution in [0.25, 0.3) is 5.76 Å². The molecule has 5 aliphatic carbocycles. The van der Waals surface area contributed by atoms with Crippen molar-refractivity contribution in [2.75, 3.05) is 39.6 Å². The number of hydrogen-bond acceptors (Lipinski definition) is 10. The van der Waals surface area contributed by atoms with Crippen molar-refractivity contribution >= 4 is 28.9 Å². The second-order valence-electron chi connectivity index (χ2n) is 13.6. The molecule has 11 heteroatoms. The maximum atomic E-state index is 14.1. The summed E-state index contributed by atoms with van der Waals surface area (Å²) in [6.45, 7) is 1.68. The molecule has 0 radical (unpaired) electrons. The van der Waals surface area contributed by atoms with Crippen molar-refractivity contribution in [3.8, 4) is 5.75 Å². The molecule has 0 aliphatic heterocycles.